The van der Waals surface area contributed by atoms with Crippen LogP contribution < -0.4 is 9.47 Å². The molecule has 1 aromatic rings. The van der Waals surface area contributed by atoms with Crippen LogP contribution in [0.3, 0.4) is 0 Å². The molecule has 1 aromatic carbocycles. The van der Waals surface area contributed by atoms with E-state index >= 15 is 0 Å². The lowest BCUT2D eigenvalue weighted by molar-refractivity contribution is 0.294. The third-order valence-corrected chi connectivity index (χ3v) is 3.21. The number of allylic oxidation sites excluding steroid dienone is 1. The number of rotatable bonds is 7. The van der Waals surface area contributed by atoms with Crippen LogP contribution in [0.15, 0.2) is 23.8 Å². The van der Waals surface area contributed by atoms with Crippen molar-refractivity contribution in [3.63, 3.8) is 0 Å². The Labute approximate surface area is 121 Å². The van der Waals surface area contributed by atoms with Gasteiger partial charge in [-0.3, -0.25) is 0 Å². The van der Waals surface area contributed by atoms with E-state index in [2.05, 4.69) is 26.8 Å². The number of methoxy groups -OCH3 is 1. The van der Waals surface area contributed by atoms with Crippen molar-refractivity contribution in [2.45, 2.75) is 27.2 Å². The Hall–Kier alpha value is -1.15. The zero-order valence-corrected chi connectivity index (χ0v) is 13.0. The van der Waals surface area contributed by atoms with Crippen molar-refractivity contribution in [2.24, 2.45) is 5.92 Å². The molecular weight excluding hydrogens is 260 g/mol. The lowest BCUT2D eigenvalue weighted by Crippen LogP contribution is -1.98. The molecule has 0 saturated carbocycles. The SMILES string of the molecule is CCCOc1ccc(C=C(CCl)C(C)C)cc1OC. The highest BCUT2D eigenvalue weighted by atomic mass is 35.5. The number of alkyl halides is 1. The predicted molar refractivity (Wildman–Crippen MR) is 82.3 cm³/mol. The number of halogens is 1. The van der Waals surface area contributed by atoms with Crippen LogP contribution in [0.4, 0.5) is 0 Å². The minimum absolute atomic E-state index is 0.444. The summed E-state index contributed by atoms with van der Waals surface area (Å²) in [7, 11) is 1.66. The Balaban J connectivity index is 2.99. The summed E-state index contributed by atoms with van der Waals surface area (Å²) in [6.07, 6.45) is 3.10. The Kier molecular flexibility index (Phi) is 6.79. The average molecular weight is 283 g/mol. The largest absolute Gasteiger partial charge is 0.493 e. The first-order valence-corrected chi connectivity index (χ1v) is 7.23. The molecular formula is C16H23ClO2. The molecule has 0 aliphatic carbocycles. The van der Waals surface area contributed by atoms with Gasteiger partial charge in [0.2, 0.25) is 0 Å². The fraction of sp³-hybridized carbons (Fsp3) is 0.500. The predicted octanol–water partition coefficient (Wildman–Crippen LogP) is 4.76. The summed E-state index contributed by atoms with van der Waals surface area (Å²) in [5.74, 6) is 2.55. The Bertz CT molecular complexity index is 425. The zero-order chi connectivity index (χ0) is 14.3. The fourth-order valence-electron chi connectivity index (χ4n) is 1.68. The van der Waals surface area contributed by atoms with Crippen LogP contribution in [0.5, 0.6) is 11.5 Å². The summed E-state index contributed by atoms with van der Waals surface area (Å²) in [6.45, 7) is 7.07. The molecule has 0 amide bonds. The molecule has 3 heteroatoms. The molecule has 0 radical (unpaired) electrons. The minimum Gasteiger partial charge on any atom is -0.493 e. The van der Waals surface area contributed by atoms with Crippen molar-refractivity contribution in [3.8, 4) is 11.5 Å². The molecule has 0 aliphatic rings. The lowest BCUT2D eigenvalue weighted by Gasteiger charge is -2.12. The molecule has 0 fully saturated rings. The normalized spacial score (nSPS) is 11.8. The monoisotopic (exact) mass is 282 g/mol. The van der Waals surface area contributed by atoms with Gasteiger partial charge in [0.05, 0.1) is 13.7 Å². The van der Waals surface area contributed by atoms with Crippen LogP contribution in [0.25, 0.3) is 6.08 Å². The molecule has 0 aliphatic heterocycles. The van der Waals surface area contributed by atoms with Crippen molar-refractivity contribution in [1.82, 2.24) is 0 Å². The molecule has 0 spiro atoms. The summed E-state index contributed by atoms with van der Waals surface area (Å²) >= 11 is 5.96. The number of benzene rings is 1. The fourth-order valence-corrected chi connectivity index (χ4v) is 2.06. The van der Waals surface area contributed by atoms with Crippen molar-refractivity contribution < 1.29 is 9.47 Å². The molecule has 106 valence electrons. The van der Waals surface area contributed by atoms with E-state index < -0.39 is 0 Å². The van der Waals surface area contributed by atoms with Crippen LogP contribution in [0, 0.1) is 5.92 Å². The first-order valence-electron chi connectivity index (χ1n) is 6.69. The highest BCUT2D eigenvalue weighted by Crippen LogP contribution is 2.29. The summed E-state index contributed by atoms with van der Waals surface area (Å²) in [6, 6.07) is 5.97. The summed E-state index contributed by atoms with van der Waals surface area (Å²) in [4.78, 5) is 0. The van der Waals surface area contributed by atoms with E-state index in [0.29, 0.717) is 18.4 Å². The molecule has 1 rings (SSSR count). The van der Waals surface area contributed by atoms with Gasteiger partial charge in [0, 0.05) is 5.88 Å². The van der Waals surface area contributed by atoms with Crippen LogP contribution in [-0.2, 0) is 0 Å². The first kappa shape index (κ1) is 15.9. The van der Waals surface area contributed by atoms with Crippen LogP contribution >= 0.6 is 11.6 Å². The zero-order valence-electron chi connectivity index (χ0n) is 12.2. The second-order valence-electron chi connectivity index (χ2n) is 4.77. The number of ether oxygens (including phenoxy) is 2. The van der Waals surface area contributed by atoms with E-state index in [1.807, 2.05) is 18.2 Å². The lowest BCUT2D eigenvalue weighted by atomic mass is 10.0. The molecule has 0 atom stereocenters. The second-order valence-corrected chi connectivity index (χ2v) is 5.03. The molecule has 0 aromatic heterocycles. The van der Waals surface area contributed by atoms with Gasteiger partial charge in [0.1, 0.15) is 0 Å². The van der Waals surface area contributed by atoms with Crippen molar-refractivity contribution in [2.75, 3.05) is 19.6 Å². The third kappa shape index (κ3) is 4.79. The van der Waals surface area contributed by atoms with Gasteiger partial charge < -0.3 is 9.47 Å². The van der Waals surface area contributed by atoms with E-state index in [4.69, 9.17) is 21.1 Å². The summed E-state index contributed by atoms with van der Waals surface area (Å²) < 4.78 is 11.0. The second kappa shape index (κ2) is 8.11. The van der Waals surface area contributed by atoms with Gasteiger partial charge in [-0.1, -0.05) is 38.5 Å². The van der Waals surface area contributed by atoms with Crippen LogP contribution in [0.2, 0.25) is 0 Å². The first-order chi connectivity index (χ1) is 9.12. The highest BCUT2D eigenvalue weighted by molar-refractivity contribution is 6.19. The van der Waals surface area contributed by atoms with Gasteiger partial charge in [-0.05, 0) is 30.0 Å². The van der Waals surface area contributed by atoms with Crippen LogP contribution in [0.1, 0.15) is 32.8 Å². The van der Waals surface area contributed by atoms with Crippen molar-refractivity contribution >= 4 is 17.7 Å². The summed E-state index contributed by atoms with van der Waals surface area (Å²) in [5, 5.41) is 0. The molecule has 19 heavy (non-hydrogen) atoms. The third-order valence-electron chi connectivity index (χ3n) is 2.90. The van der Waals surface area contributed by atoms with Crippen molar-refractivity contribution in [1.29, 1.82) is 0 Å². The number of hydrogen-bond acceptors (Lipinski definition) is 2. The maximum atomic E-state index is 5.96. The highest BCUT2D eigenvalue weighted by Gasteiger charge is 2.06. The van der Waals surface area contributed by atoms with Crippen LogP contribution in [-0.4, -0.2) is 19.6 Å². The van der Waals surface area contributed by atoms with Gasteiger partial charge in [-0.25, -0.2) is 0 Å². The maximum absolute atomic E-state index is 5.96. The average Bonchev–Trinajstić information content (AvgIpc) is 2.42. The van der Waals surface area contributed by atoms with E-state index in [9.17, 15) is 0 Å². The molecule has 0 bridgehead atoms. The minimum atomic E-state index is 0.444. The van der Waals surface area contributed by atoms with E-state index in [-0.39, 0.29) is 0 Å². The van der Waals surface area contributed by atoms with E-state index in [1.54, 1.807) is 7.11 Å². The Morgan fingerprint density at radius 3 is 2.58 bits per heavy atom. The molecule has 0 heterocycles. The van der Waals surface area contributed by atoms with E-state index in [1.165, 1.54) is 5.57 Å². The van der Waals surface area contributed by atoms with Gasteiger partial charge in [-0.2, -0.15) is 0 Å². The maximum Gasteiger partial charge on any atom is 0.161 e. The van der Waals surface area contributed by atoms with Crippen molar-refractivity contribution in [3.05, 3.63) is 29.3 Å². The van der Waals surface area contributed by atoms with E-state index in [0.717, 1.165) is 23.5 Å². The molecule has 0 unspecified atom stereocenters. The van der Waals surface area contributed by atoms with Gasteiger partial charge >= 0.3 is 0 Å². The number of hydrogen-bond donors (Lipinski definition) is 0. The smallest absolute Gasteiger partial charge is 0.161 e. The summed E-state index contributed by atoms with van der Waals surface area (Å²) in [5.41, 5.74) is 2.30. The standard InChI is InChI=1S/C16H23ClO2/c1-5-8-19-15-7-6-13(10-16(15)18-4)9-14(11-17)12(2)3/h6-7,9-10,12H,5,8,11H2,1-4H3. The molecule has 0 saturated heterocycles. The van der Waals surface area contributed by atoms with Gasteiger partial charge in [0.25, 0.3) is 0 Å². The molecule has 2 nitrogen and oxygen atoms in total. The van der Waals surface area contributed by atoms with Gasteiger partial charge in [0.15, 0.2) is 11.5 Å². The Morgan fingerprint density at radius 2 is 2.05 bits per heavy atom. The molecule has 0 N–H and O–H groups in total. The Morgan fingerprint density at radius 1 is 1.32 bits per heavy atom. The topological polar surface area (TPSA) is 18.5 Å². The van der Waals surface area contributed by atoms with Gasteiger partial charge in [-0.15, -0.1) is 11.6 Å². The quantitative estimate of drug-likeness (QED) is 0.671.